The van der Waals surface area contributed by atoms with E-state index in [4.69, 9.17) is 15.2 Å². The SMILES string of the molecule is COC(CN)CC(=O)OCCC(C)(C)C. The van der Waals surface area contributed by atoms with Crippen molar-refractivity contribution in [1.82, 2.24) is 0 Å². The molecule has 0 saturated carbocycles. The number of hydrogen-bond acceptors (Lipinski definition) is 4. The van der Waals surface area contributed by atoms with E-state index in [-0.39, 0.29) is 23.9 Å². The Kier molecular flexibility index (Phi) is 6.52. The van der Waals surface area contributed by atoms with Gasteiger partial charge < -0.3 is 15.2 Å². The van der Waals surface area contributed by atoms with Gasteiger partial charge in [-0.05, 0) is 11.8 Å². The first-order valence-corrected chi connectivity index (χ1v) is 5.27. The lowest BCUT2D eigenvalue weighted by Gasteiger charge is -2.18. The third-order valence-corrected chi connectivity index (χ3v) is 2.11. The summed E-state index contributed by atoms with van der Waals surface area (Å²) in [6.07, 6.45) is 0.864. The van der Waals surface area contributed by atoms with Crippen LogP contribution in [0.15, 0.2) is 0 Å². The minimum atomic E-state index is -0.239. The van der Waals surface area contributed by atoms with Crippen LogP contribution in [0.2, 0.25) is 0 Å². The van der Waals surface area contributed by atoms with Gasteiger partial charge in [-0.3, -0.25) is 4.79 Å². The minimum Gasteiger partial charge on any atom is -0.466 e. The quantitative estimate of drug-likeness (QED) is 0.682. The zero-order valence-electron chi connectivity index (χ0n) is 10.2. The largest absolute Gasteiger partial charge is 0.466 e. The molecule has 1 atom stereocenters. The molecule has 0 fully saturated rings. The number of nitrogens with two attached hydrogens (primary N) is 1. The summed E-state index contributed by atoms with van der Waals surface area (Å²) in [6, 6.07) is 0. The number of rotatable bonds is 6. The molecule has 0 heterocycles. The van der Waals surface area contributed by atoms with Crippen LogP contribution in [0.5, 0.6) is 0 Å². The Morgan fingerprint density at radius 3 is 2.40 bits per heavy atom. The molecule has 0 aliphatic carbocycles. The maximum Gasteiger partial charge on any atom is 0.308 e. The van der Waals surface area contributed by atoms with Gasteiger partial charge in [-0.25, -0.2) is 0 Å². The molecule has 4 nitrogen and oxygen atoms in total. The second kappa shape index (κ2) is 6.80. The molecule has 0 saturated heterocycles. The molecule has 0 aliphatic rings. The van der Waals surface area contributed by atoms with E-state index >= 15 is 0 Å². The van der Waals surface area contributed by atoms with Gasteiger partial charge in [0.15, 0.2) is 0 Å². The van der Waals surface area contributed by atoms with Crippen LogP contribution in [0.1, 0.15) is 33.6 Å². The Morgan fingerprint density at radius 1 is 1.40 bits per heavy atom. The smallest absolute Gasteiger partial charge is 0.308 e. The summed E-state index contributed by atoms with van der Waals surface area (Å²) in [5.74, 6) is -0.239. The van der Waals surface area contributed by atoms with Gasteiger partial charge in [0, 0.05) is 13.7 Å². The highest BCUT2D eigenvalue weighted by atomic mass is 16.5. The van der Waals surface area contributed by atoms with Crippen molar-refractivity contribution in [1.29, 1.82) is 0 Å². The van der Waals surface area contributed by atoms with E-state index in [1.807, 2.05) is 0 Å². The average molecular weight is 217 g/mol. The molecular weight excluding hydrogens is 194 g/mol. The fraction of sp³-hybridized carbons (Fsp3) is 0.909. The molecule has 0 aromatic carbocycles. The van der Waals surface area contributed by atoms with Crippen LogP contribution >= 0.6 is 0 Å². The van der Waals surface area contributed by atoms with E-state index in [0.717, 1.165) is 6.42 Å². The third-order valence-electron chi connectivity index (χ3n) is 2.11. The van der Waals surface area contributed by atoms with Crippen molar-refractivity contribution >= 4 is 5.97 Å². The van der Waals surface area contributed by atoms with Gasteiger partial charge in [0.05, 0.1) is 19.1 Å². The molecular formula is C11H23NO3. The number of ether oxygens (including phenoxy) is 2. The van der Waals surface area contributed by atoms with Gasteiger partial charge in [0.25, 0.3) is 0 Å². The van der Waals surface area contributed by atoms with Crippen molar-refractivity contribution in [2.75, 3.05) is 20.3 Å². The summed E-state index contributed by atoms with van der Waals surface area (Å²) < 4.78 is 10.1. The fourth-order valence-electron chi connectivity index (χ4n) is 0.979. The number of hydrogen-bond donors (Lipinski definition) is 1. The van der Waals surface area contributed by atoms with Crippen molar-refractivity contribution in [2.45, 2.75) is 39.7 Å². The Bertz CT molecular complexity index is 183. The standard InChI is InChI=1S/C11H23NO3/c1-11(2,3)5-6-15-10(13)7-9(8-12)14-4/h9H,5-8,12H2,1-4H3. The molecule has 4 heteroatoms. The highest BCUT2D eigenvalue weighted by Crippen LogP contribution is 2.18. The molecule has 0 amide bonds. The highest BCUT2D eigenvalue weighted by Gasteiger charge is 2.14. The van der Waals surface area contributed by atoms with E-state index in [0.29, 0.717) is 13.2 Å². The maximum absolute atomic E-state index is 11.3. The lowest BCUT2D eigenvalue weighted by molar-refractivity contribution is -0.146. The second-order valence-electron chi connectivity index (χ2n) is 4.83. The molecule has 0 spiro atoms. The van der Waals surface area contributed by atoms with E-state index in [1.165, 1.54) is 0 Å². The van der Waals surface area contributed by atoms with Crippen LogP contribution in [0.4, 0.5) is 0 Å². The zero-order valence-corrected chi connectivity index (χ0v) is 10.2. The summed E-state index contributed by atoms with van der Waals surface area (Å²) >= 11 is 0. The van der Waals surface area contributed by atoms with E-state index in [2.05, 4.69) is 20.8 Å². The van der Waals surface area contributed by atoms with Gasteiger partial charge in [-0.2, -0.15) is 0 Å². The summed E-state index contributed by atoms with van der Waals surface area (Å²) in [7, 11) is 1.54. The Hall–Kier alpha value is -0.610. The number of carbonyl (C=O) groups excluding carboxylic acids is 1. The van der Waals surface area contributed by atoms with Gasteiger partial charge in [-0.1, -0.05) is 20.8 Å². The molecule has 15 heavy (non-hydrogen) atoms. The molecule has 1 unspecified atom stereocenters. The third kappa shape index (κ3) is 8.39. The summed E-state index contributed by atoms with van der Waals surface area (Å²) in [5, 5.41) is 0. The average Bonchev–Trinajstić information content (AvgIpc) is 2.12. The topological polar surface area (TPSA) is 61.5 Å². The van der Waals surface area contributed by atoms with Crippen LogP contribution in [-0.4, -0.2) is 32.3 Å². The van der Waals surface area contributed by atoms with Crippen molar-refractivity contribution < 1.29 is 14.3 Å². The van der Waals surface area contributed by atoms with Crippen LogP contribution in [0.25, 0.3) is 0 Å². The van der Waals surface area contributed by atoms with Crippen LogP contribution in [0, 0.1) is 5.41 Å². The van der Waals surface area contributed by atoms with Crippen molar-refractivity contribution in [3.8, 4) is 0 Å². The van der Waals surface area contributed by atoms with E-state index in [1.54, 1.807) is 7.11 Å². The summed E-state index contributed by atoms with van der Waals surface area (Å²) in [4.78, 5) is 11.3. The molecule has 0 rings (SSSR count). The van der Waals surface area contributed by atoms with Gasteiger partial charge in [0.2, 0.25) is 0 Å². The monoisotopic (exact) mass is 217 g/mol. The predicted molar refractivity (Wildman–Crippen MR) is 59.5 cm³/mol. The van der Waals surface area contributed by atoms with Crippen LogP contribution in [-0.2, 0) is 14.3 Å². The Morgan fingerprint density at radius 2 is 2.00 bits per heavy atom. The lowest BCUT2D eigenvalue weighted by Crippen LogP contribution is -2.26. The lowest BCUT2D eigenvalue weighted by atomic mass is 9.93. The molecule has 0 aromatic heterocycles. The van der Waals surface area contributed by atoms with Gasteiger partial charge in [0.1, 0.15) is 0 Å². The molecule has 2 N–H and O–H groups in total. The summed E-state index contributed by atoms with van der Waals surface area (Å²) in [5.41, 5.74) is 5.59. The van der Waals surface area contributed by atoms with Crippen molar-refractivity contribution in [2.24, 2.45) is 11.1 Å². The van der Waals surface area contributed by atoms with Crippen molar-refractivity contribution in [3.63, 3.8) is 0 Å². The number of methoxy groups -OCH3 is 1. The maximum atomic E-state index is 11.3. The fourth-order valence-corrected chi connectivity index (χ4v) is 0.979. The van der Waals surface area contributed by atoms with Gasteiger partial charge >= 0.3 is 5.97 Å². The zero-order chi connectivity index (χ0) is 11.9. The van der Waals surface area contributed by atoms with E-state index in [9.17, 15) is 4.79 Å². The predicted octanol–water partition coefficient (Wildman–Crippen LogP) is 1.33. The van der Waals surface area contributed by atoms with Crippen molar-refractivity contribution in [3.05, 3.63) is 0 Å². The van der Waals surface area contributed by atoms with Crippen LogP contribution < -0.4 is 5.73 Å². The first kappa shape index (κ1) is 14.4. The molecule has 0 aliphatic heterocycles. The summed E-state index contributed by atoms with van der Waals surface area (Å²) in [6.45, 7) is 7.13. The van der Waals surface area contributed by atoms with Crippen LogP contribution in [0.3, 0.4) is 0 Å². The molecule has 0 radical (unpaired) electrons. The second-order valence-corrected chi connectivity index (χ2v) is 4.83. The Labute approximate surface area is 92.1 Å². The number of esters is 1. The first-order chi connectivity index (χ1) is 6.89. The molecule has 0 aromatic rings. The molecule has 0 bridgehead atoms. The minimum absolute atomic E-state index is 0.189. The Balaban J connectivity index is 3.66. The first-order valence-electron chi connectivity index (χ1n) is 5.27. The van der Waals surface area contributed by atoms with Gasteiger partial charge in [-0.15, -0.1) is 0 Å². The van der Waals surface area contributed by atoms with E-state index < -0.39 is 0 Å². The normalized spacial score (nSPS) is 13.7. The molecule has 90 valence electrons. The highest BCUT2D eigenvalue weighted by molar-refractivity contribution is 5.69. The number of carbonyl (C=O) groups is 1.